The zero-order valence-corrected chi connectivity index (χ0v) is 15.3. The molecule has 134 valence electrons. The Balaban J connectivity index is 1.74. The fourth-order valence-electron chi connectivity index (χ4n) is 2.42. The van der Waals surface area contributed by atoms with Crippen LogP contribution in [0, 0.1) is 0 Å². The summed E-state index contributed by atoms with van der Waals surface area (Å²) in [6.45, 7) is 0.354. The Bertz CT molecular complexity index is 952. The van der Waals surface area contributed by atoms with Crippen molar-refractivity contribution in [3.63, 3.8) is 0 Å². The number of carboxylic acid groups (broad SMARTS) is 1. The number of methoxy groups -OCH3 is 1. The molecule has 0 saturated carbocycles. The average molecular weight is 392 g/mol. The molecule has 1 aromatic heterocycles. The van der Waals surface area contributed by atoms with Crippen molar-refractivity contribution in [2.24, 2.45) is 0 Å². The summed E-state index contributed by atoms with van der Waals surface area (Å²) in [7, 11) is 1.56. The first kappa shape index (κ1) is 18.2. The average Bonchev–Trinajstić information content (AvgIpc) is 3.09. The van der Waals surface area contributed by atoms with Crippen LogP contribution in [-0.4, -0.2) is 18.2 Å². The van der Waals surface area contributed by atoms with E-state index in [4.69, 9.17) is 37.5 Å². The number of halogens is 2. The van der Waals surface area contributed by atoms with Gasteiger partial charge in [-0.15, -0.1) is 0 Å². The van der Waals surface area contributed by atoms with Crippen LogP contribution in [0.1, 0.15) is 16.1 Å². The molecule has 0 atom stereocenters. The van der Waals surface area contributed by atoms with E-state index < -0.39 is 5.97 Å². The number of carboxylic acids is 1. The van der Waals surface area contributed by atoms with E-state index in [1.165, 1.54) is 12.1 Å². The lowest BCUT2D eigenvalue weighted by atomic mass is 10.2. The van der Waals surface area contributed by atoms with Crippen LogP contribution in [0.5, 0.6) is 5.75 Å². The van der Waals surface area contributed by atoms with Gasteiger partial charge >= 0.3 is 5.97 Å². The van der Waals surface area contributed by atoms with Gasteiger partial charge in [-0.25, -0.2) is 4.79 Å². The molecule has 3 aromatic rings. The summed E-state index contributed by atoms with van der Waals surface area (Å²) in [5.41, 5.74) is 1.51. The molecule has 0 bridgehead atoms. The Morgan fingerprint density at radius 2 is 1.92 bits per heavy atom. The Hall–Kier alpha value is -2.63. The molecule has 0 aliphatic heterocycles. The normalized spacial score (nSPS) is 10.6. The zero-order chi connectivity index (χ0) is 18.7. The second-order valence-electron chi connectivity index (χ2n) is 5.47. The smallest absolute Gasteiger partial charge is 0.335 e. The van der Waals surface area contributed by atoms with Gasteiger partial charge in [0.1, 0.15) is 17.3 Å². The Morgan fingerprint density at radius 1 is 1.12 bits per heavy atom. The van der Waals surface area contributed by atoms with Gasteiger partial charge in [-0.3, -0.25) is 0 Å². The molecule has 26 heavy (non-hydrogen) atoms. The van der Waals surface area contributed by atoms with E-state index in [1.807, 2.05) is 18.2 Å². The van der Waals surface area contributed by atoms with Crippen LogP contribution in [-0.2, 0) is 6.54 Å². The summed E-state index contributed by atoms with van der Waals surface area (Å²) in [6, 6.07) is 13.5. The summed E-state index contributed by atoms with van der Waals surface area (Å²) in [4.78, 5) is 11.1. The minimum absolute atomic E-state index is 0.157. The SMILES string of the molecule is COc1ccc(-c2ccc(CNc3cc(C(=O)O)ccc3Cl)o2)cc1Cl. The number of hydrogen-bond acceptors (Lipinski definition) is 4. The first-order chi connectivity index (χ1) is 12.5. The van der Waals surface area contributed by atoms with Gasteiger partial charge in [0, 0.05) is 5.56 Å². The molecule has 0 amide bonds. The van der Waals surface area contributed by atoms with E-state index in [-0.39, 0.29) is 5.56 Å². The number of ether oxygens (including phenoxy) is 1. The summed E-state index contributed by atoms with van der Waals surface area (Å²) in [5, 5.41) is 13.1. The molecule has 0 fully saturated rings. The van der Waals surface area contributed by atoms with Crippen molar-refractivity contribution in [3.8, 4) is 17.1 Å². The van der Waals surface area contributed by atoms with Crippen molar-refractivity contribution < 1.29 is 19.1 Å². The summed E-state index contributed by atoms with van der Waals surface area (Å²) in [6.07, 6.45) is 0. The molecule has 0 spiro atoms. The molecule has 3 rings (SSSR count). The summed E-state index contributed by atoms with van der Waals surface area (Å²) in [5.74, 6) is 0.915. The van der Waals surface area contributed by atoms with Crippen LogP contribution in [0.3, 0.4) is 0 Å². The van der Waals surface area contributed by atoms with Gasteiger partial charge in [0.2, 0.25) is 0 Å². The van der Waals surface area contributed by atoms with Gasteiger partial charge < -0.3 is 19.6 Å². The minimum atomic E-state index is -1.01. The van der Waals surface area contributed by atoms with E-state index >= 15 is 0 Å². The number of carbonyl (C=O) groups is 1. The zero-order valence-electron chi connectivity index (χ0n) is 13.8. The van der Waals surface area contributed by atoms with Crippen LogP contribution < -0.4 is 10.1 Å². The molecular weight excluding hydrogens is 377 g/mol. The van der Waals surface area contributed by atoms with Gasteiger partial charge in [-0.2, -0.15) is 0 Å². The van der Waals surface area contributed by atoms with Crippen molar-refractivity contribution in [3.05, 3.63) is 69.9 Å². The Labute approximate surface area is 160 Å². The molecule has 0 radical (unpaired) electrons. The Kier molecular flexibility index (Phi) is 5.40. The standard InChI is InChI=1S/C19H15Cl2NO4/c1-25-18-6-3-11(8-15(18)21)17-7-4-13(26-17)10-22-16-9-12(19(23)24)2-5-14(16)20/h2-9,22H,10H2,1H3,(H,23,24). The second-order valence-corrected chi connectivity index (χ2v) is 6.28. The maximum atomic E-state index is 11.1. The van der Waals surface area contributed by atoms with Crippen molar-refractivity contribution in [2.75, 3.05) is 12.4 Å². The Morgan fingerprint density at radius 3 is 2.62 bits per heavy atom. The van der Waals surface area contributed by atoms with E-state index in [9.17, 15) is 4.79 Å². The summed E-state index contributed by atoms with van der Waals surface area (Å²) >= 11 is 12.2. The highest BCUT2D eigenvalue weighted by Gasteiger charge is 2.10. The van der Waals surface area contributed by atoms with E-state index in [0.717, 1.165) is 5.56 Å². The van der Waals surface area contributed by atoms with Crippen LogP contribution in [0.15, 0.2) is 52.9 Å². The topological polar surface area (TPSA) is 71.7 Å². The van der Waals surface area contributed by atoms with Crippen LogP contribution >= 0.6 is 23.2 Å². The number of nitrogens with one attached hydrogen (secondary N) is 1. The van der Waals surface area contributed by atoms with Crippen LogP contribution in [0.25, 0.3) is 11.3 Å². The molecule has 0 aliphatic rings. The molecule has 2 N–H and O–H groups in total. The highest BCUT2D eigenvalue weighted by molar-refractivity contribution is 6.33. The monoisotopic (exact) mass is 391 g/mol. The molecule has 1 heterocycles. The first-order valence-electron chi connectivity index (χ1n) is 7.67. The van der Waals surface area contributed by atoms with Crippen molar-refractivity contribution in [1.29, 1.82) is 0 Å². The number of benzene rings is 2. The maximum absolute atomic E-state index is 11.1. The van der Waals surface area contributed by atoms with Gasteiger partial charge in [-0.05, 0) is 48.5 Å². The molecule has 0 saturated heterocycles. The number of anilines is 1. The number of aromatic carboxylic acids is 1. The lowest BCUT2D eigenvalue weighted by Gasteiger charge is -2.08. The van der Waals surface area contributed by atoms with Gasteiger partial charge in [0.25, 0.3) is 0 Å². The minimum Gasteiger partial charge on any atom is -0.495 e. The van der Waals surface area contributed by atoms with Gasteiger partial charge in [0.05, 0.1) is 35.0 Å². The summed E-state index contributed by atoms with van der Waals surface area (Å²) < 4.78 is 11.0. The van der Waals surface area contributed by atoms with Gasteiger partial charge in [0.15, 0.2) is 0 Å². The van der Waals surface area contributed by atoms with Crippen molar-refractivity contribution >= 4 is 34.9 Å². The fraction of sp³-hybridized carbons (Fsp3) is 0.105. The third kappa shape index (κ3) is 3.95. The second kappa shape index (κ2) is 7.72. The highest BCUT2D eigenvalue weighted by Crippen LogP contribution is 2.31. The molecule has 7 heteroatoms. The molecule has 2 aromatic carbocycles. The number of rotatable bonds is 6. The molecule has 0 unspecified atom stereocenters. The predicted octanol–water partition coefficient (Wildman–Crippen LogP) is 5.57. The van der Waals surface area contributed by atoms with E-state index in [2.05, 4.69) is 5.32 Å². The maximum Gasteiger partial charge on any atom is 0.335 e. The fourth-order valence-corrected chi connectivity index (χ4v) is 2.87. The van der Waals surface area contributed by atoms with Crippen LogP contribution in [0.4, 0.5) is 5.69 Å². The largest absolute Gasteiger partial charge is 0.495 e. The third-order valence-corrected chi connectivity index (χ3v) is 4.39. The van der Waals surface area contributed by atoms with Crippen molar-refractivity contribution in [2.45, 2.75) is 6.54 Å². The third-order valence-electron chi connectivity index (χ3n) is 3.76. The van der Waals surface area contributed by atoms with Gasteiger partial charge in [-0.1, -0.05) is 23.2 Å². The lowest BCUT2D eigenvalue weighted by molar-refractivity contribution is 0.0697. The van der Waals surface area contributed by atoms with Crippen LogP contribution in [0.2, 0.25) is 10.0 Å². The number of hydrogen-bond donors (Lipinski definition) is 2. The molecular formula is C19H15Cl2NO4. The highest BCUT2D eigenvalue weighted by atomic mass is 35.5. The quantitative estimate of drug-likeness (QED) is 0.574. The predicted molar refractivity (Wildman–Crippen MR) is 101 cm³/mol. The lowest BCUT2D eigenvalue weighted by Crippen LogP contribution is -2.02. The molecule has 0 aliphatic carbocycles. The first-order valence-corrected chi connectivity index (χ1v) is 8.43. The van der Waals surface area contributed by atoms with Crippen molar-refractivity contribution in [1.82, 2.24) is 0 Å². The van der Waals surface area contributed by atoms with E-state index in [0.29, 0.717) is 39.5 Å². The molecule has 5 nitrogen and oxygen atoms in total. The number of furan rings is 1. The van der Waals surface area contributed by atoms with E-state index in [1.54, 1.807) is 25.3 Å².